The Morgan fingerprint density at radius 3 is 2.14 bits per heavy atom. The van der Waals surface area contributed by atoms with Crippen molar-refractivity contribution in [2.45, 2.75) is 35.5 Å². The molecular formula is C29H25ClF6N4O3S. The van der Waals surface area contributed by atoms with E-state index in [1.54, 1.807) is 12.1 Å². The van der Waals surface area contributed by atoms with Crippen LogP contribution in [0.2, 0.25) is 5.02 Å². The van der Waals surface area contributed by atoms with Crippen LogP contribution in [0.25, 0.3) is 0 Å². The van der Waals surface area contributed by atoms with E-state index in [1.807, 2.05) is 0 Å². The fourth-order valence-corrected chi connectivity index (χ4v) is 5.48. The summed E-state index contributed by atoms with van der Waals surface area (Å²) in [6.07, 6.45) is -3.36. The van der Waals surface area contributed by atoms with Crippen molar-refractivity contribution in [2.24, 2.45) is 10.7 Å². The van der Waals surface area contributed by atoms with Crippen LogP contribution < -0.4 is 16.0 Å². The predicted molar refractivity (Wildman–Crippen MR) is 155 cm³/mol. The lowest BCUT2D eigenvalue weighted by Gasteiger charge is -2.35. The highest BCUT2D eigenvalue weighted by atomic mass is 35.5. The minimum atomic E-state index is -5.69. The Morgan fingerprint density at radius 1 is 0.932 bits per heavy atom. The highest BCUT2D eigenvalue weighted by molar-refractivity contribution is 7.92. The van der Waals surface area contributed by atoms with Crippen molar-refractivity contribution < 1.29 is 39.6 Å². The number of amides is 1. The topological polar surface area (TPSA) is 105 Å². The number of hydrogen-bond donors (Lipinski definition) is 2. The molecule has 1 amide bonds. The van der Waals surface area contributed by atoms with Crippen molar-refractivity contribution in [2.75, 3.05) is 18.0 Å². The van der Waals surface area contributed by atoms with Gasteiger partial charge in [0, 0.05) is 22.9 Å². The van der Waals surface area contributed by atoms with Crippen molar-refractivity contribution in [1.82, 2.24) is 5.32 Å². The first-order chi connectivity index (χ1) is 20.6. The summed E-state index contributed by atoms with van der Waals surface area (Å²) in [5, 5.41) is 3.29. The number of nitrogens with one attached hydrogen (secondary N) is 1. The maximum absolute atomic E-state index is 13.8. The largest absolute Gasteiger partial charge is 0.501 e. The number of anilines is 1. The van der Waals surface area contributed by atoms with Gasteiger partial charge in [0.1, 0.15) is 5.70 Å². The van der Waals surface area contributed by atoms with E-state index in [0.717, 1.165) is 18.2 Å². The SMILES string of the molecule is N/C(=C\C(=Nc1ccccc1Cl)c1ccc(C(=O)N(c2cccc(S(=O)(=O)C(F)(F)F)c2)C2CCNCC2)cc1)C(F)(F)F. The van der Waals surface area contributed by atoms with Gasteiger partial charge in [-0.3, -0.25) is 4.79 Å². The molecule has 0 atom stereocenters. The van der Waals surface area contributed by atoms with Crippen LogP contribution in [-0.2, 0) is 9.84 Å². The molecule has 1 saturated heterocycles. The summed E-state index contributed by atoms with van der Waals surface area (Å²) in [5.74, 6) is -0.653. The van der Waals surface area contributed by atoms with Crippen LogP contribution in [-0.4, -0.2) is 50.9 Å². The van der Waals surface area contributed by atoms with E-state index in [2.05, 4.69) is 10.3 Å². The lowest BCUT2D eigenvalue weighted by molar-refractivity contribution is -0.0925. The molecule has 0 radical (unpaired) electrons. The number of para-hydroxylation sites is 1. The van der Waals surface area contributed by atoms with E-state index in [0.29, 0.717) is 32.0 Å². The number of piperidine rings is 1. The third kappa shape index (κ3) is 7.42. The zero-order chi connectivity index (χ0) is 32.3. The van der Waals surface area contributed by atoms with E-state index >= 15 is 0 Å². The first-order valence-corrected chi connectivity index (χ1v) is 14.9. The molecule has 1 heterocycles. The van der Waals surface area contributed by atoms with Gasteiger partial charge < -0.3 is 16.0 Å². The Morgan fingerprint density at radius 2 is 1.55 bits per heavy atom. The number of carbonyl (C=O) groups excluding carboxylic acids is 1. The number of alkyl halides is 6. The maximum atomic E-state index is 13.8. The number of nitrogens with two attached hydrogens (primary N) is 1. The molecule has 1 aliphatic heterocycles. The van der Waals surface area contributed by atoms with Crippen molar-refractivity contribution >= 4 is 44.4 Å². The smallest absolute Gasteiger partial charge is 0.395 e. The number of aliphatic imine (C=N–C) groups is 1. The normalized spacial score (nSPS) is 15.7. The number of benzene rings is 3. The summed E-state index contributed by atoms with van der Waals surface area (Å²) in [6.45, 7) is 1.01. The van der Waals surface area contributed by atoms with Gasteiger partial charge in [0.05, 0.1) is 21.3 Å². The number of allylic oxidation sites excluding steroid dienone is 2. The zero-order valence-electron chi connectivity index (χ0n) is 22.7. The summed E-state index contributed by atoms with van der Waals surface area (Å²) >= 11 is 6.14. The van der Waals surface area contributed by atoms with Gasteiger partial charge in [-0.15, -0.1) is 0 Å². The molecule has 0 saturated carbocycles. The standard InChI is InChI=1S/C29H25ClF6N4O3S/c30-23-6-1-2-7-24(23)39-25(17-26(37)28(31,32)33)18-8-10-19(11-9-18)27(41)40(20-12-14-38-15-13-20)21-4-3-5-22(16-21)44(42,43)29(34,35)36/h1-11,16-17,20,38H,12-15,37H2/b26-17-,39-25?. The third-order valence-corrected chi connectivity index (χ3v) is 8.55. The molecule has 3 N–H and O–H groups in total. The van der Waals surface area contributed by atoms with Crippen LogP contribution in [0.5, 0.6) is 0 Å². The molecule has 3 aromatic rings. The summed E-state index contributed by atoms with van der Waals surface area (Å²) < 4.78 is 104. The van der Waals surface area contributed by atoms with Crippen molar-refractivity contribution in [3.63, 3.8) is 0 Å². The molecule has 44 heavy (non-hydrogen) atoms. The highest BCUT2D eigenvalue weighted by Gasteiger charge is 2.47. The summed E-state index contributed by atoms with van der Waals surface area (Å²) in [6, 6.07) is 15.1. The molecular weight excluding hydrogens is 634 g/mol. The van der Waals surface area contributed by atoms with Gasteiger partial charge in [0.15, 0.2) is 0 Å². The van der Waals surface area contributed by atoms with E-state index in [1.165, 1.54) is 47.4 Å². The fraction of sp³-hybridized carbons (Fsp3) is 0.241. The maximum Gasteiger partial charge on any atom is 0.501 e. The van der Waals surface area contributed by atoms with Crippen LogP contribution in [0, 0.1) is 0 Å². The second-order valence-corrected chi connectivity index (χ2v) is 12.1. The van der Waals surface area contributed by atoms with Gasteiger partial charge in [0.2, 0.25) is 0 Å². The molecule has 0 bridgehead atoms. The number of hydrogen-bond acceptors (Lipinski definition) is 6. The minimum absolute atomic E-state index is 0.0428. The highest BCUT2D eigenvalue weighted by Crippen LogP contribution is 2.34. The molecule has 0 aromatic heterocycles. The number of rotatable bonds is 7. The van der Waals surface area contributed by atoms with Crippen LogP contribution in [0.4, 0.5) is 37.7 Å². The van der Waals surface area contributed by atoms with E-state index in [4.69, 9.17) is 17.3 Å². The predicted octanol–water partition coefficient (Wildman–Crippen LogP) is 6.56. The second kappa shape index (κ2) is 13.0. The molecule has 1 aliphatic rings. The van der Waals surface area contributed by atoms with Gasteiger partial charge in [0.25, 0.3) is 15.7 Å². The van der Waals surface area contributed by atoms with Gasteiger partial charge >= 0.3 is 11.7 Å². The first-order valence-electron chi connectivity index (χ1n) is 13.0. The van der Waals surface area contributed by atoms with E-state index < -0.39 is 44.1 Å². The van der Waals surface area contributed by atoms with Crippen molar-refractivity contribution in [1.29, 1.82) is 0 Å². The van der Waals surface area contributed by atoms with E-state index in [9.17, 15) is 39.6 Å². The van der Waals surface area contributed by atoms with Crippen molar-refractivity contribution in [3.05, 3.63) is 101 Å². The fourth-order valence-electron chi connectivity index (χ4n) is 4.50. The molecule has 1 fully saturated rings. The zero-order valence-corrected chi connectivity index (χ0v) is 24.2. The molecule has 234 valence electrons. The Bertz CT molecular complexity index is 1680. The van der Waals surface area contributed by atoms with Crippen molar-refractivity contribution in [3.8, 4) is 0 Å². The summed E-state index contributed by atoms with van der Waals surface area (Å²) in [4.78, 5) is 18.3. The molecule has 7 nitrogen and oxygen atoms in total. The van der Waals surface area contributed by atoms with Crippen LogP contribution in [0.3, 0.4) is 0 Å². The lowest BCUT2D eigenvalue weighted by atomic mass is 10.0. The number of halogens is 7. The molecule has 4 rings (SSSR count). The molecule has 3 aromatic carbocycles. The average Bonchev–Trinajstić information content (AvgIpc) is 2.97. The molecule has 0 spiro atoms. The molecule has 0 unspecified atom stereocenters. The lowest BCUT2D eigenvalue weighted by Crippen LogP contribution is -2.46. The quantitative estimate of drug-likeness (QED) is 0.221. The number of carbonyl (C=O) groups is 1. The Hall–Kier alpha value is -3.88. The Kier molecular flexibility index (Phi) is 9.76. The molecule has 15 heteroatoms. The summed E-state index contributed by atoms with van der Waals surface area (Å²) in [7, 11) is -5.69. The second-order valence-electron chi connectivity index (χ2n) is 9.73. The third-order valence-electron chi connectivity index (χ3n) is 6.74. The van der Waals surface area contributed by atoms with Gasteiger partial charge in [-0.2, -0.15) is 26.3 Å². The Balaban J connectivity index is 1.76. The van der Waals surface area contributed by atoms with Crippen LogP contribution >= 0.6 is 11.6 Å². The number of nitrogens with zero attached hydrogens (tertiary/aromatic N) is 2. The summed E-state index contributed by atoms with van der Waals surface area (Å²) in [5.41, 5.74) is -1.60. The van der Waals surface area contributed by atoms with Crippen LogP contribution in [0.15, 0.2) is 94.5 Å². The van der Waals surface area contributed by atoms with Gasteiger partial charge in [-0.1, -0.05) is 41.9 Å². The van der Waals surface area contributed by atoms with Gasteiger partial charge in [-0.05, 0) is 74.5 Å². The van der Waals surface area contributed by atoms with E-state index in [-0.39, 0.29) is 33.2 Å². The van der Waals surface area contributed by atoms with Crippen LogP contribution in [0.1, 0.15) is 28.8 Å². The first kappa shape index (κ1) is 33.0. The monoisotopic (exact) mass is 658 g/mol. The average molecular weight is 659 g/mol. The molecule has 0 aliphatic carbocycles. The Labute approximate surface area is 253 Å². The van der Waals surface area contributed by atoms with Gasteiger partial charge in [-0.25, -0.2) is 13.4 Å². The minimum Gasteiger partial charge on any atom is -0.395 e. The number of sulfone groups is 1.